The van der Waals surface area contributed by atoms with E-state index in [0.29, 0.717) is 4.47 Å². The van der Waals surface area contributed by atoms with E-state index >= 15 is 0 Å². The van der Waals surface area contributed by atoms with Crippen molar-refractivity contribution in [1.29, 1.82) is 10.5 Å². The molecule has 1 rings (SSSR count). The Hall–Kier alpha value is -2.38. The van der Waals surface area contributed by atoms with Gasteiger partial charge in [0.25, 0.3) is 0 Å². The molecule has 7 heteroatoms. The molecule has 0 radical (unpaired) electrons. The van der Waals surface area contributed by atoms with Crippen LogP contribution in [-0.4, -0.2) is 18.4 Å². The molecule has 0 atom stereocenters. The Balaban J connectivity index is 2.82. The number of carbonyl (C=O) groups is 2. The van der Waals surface area contributed by atoms with Crippen molar-refractivity contribution in [3.05, 3.63) is 28.2 Å². The van der Waals surface area contributed by atoms with E-state index in [0.717, 1.165) is 0 Å². The van der Waals surface area contributed by atoms with Crippen LogP contribution in [0.4, 0.5) is 5.69 Å². The molecule has 1 aromatic carbocycles. The van der Waals surface area contributed by atoms with E-state index in [1.807, 2.05) is 6.07 Å². The molecule has 0 aliphatic rings. The molecule has 0 spiro atoms. The second-order valence-electron chi connectivity index (χ2n) is 3.10. The Morgan fingerprint density at radius 2 is 2.00 bits per heavy atom. The smallest absolute Gasteiger partial charge is 0.313 e. The summed E-state index contributed by atoms with van der Waals surface area (Å²) in [5, 5.41) is 21.5. The topological polar surface area (TPSA) is 106 Å². The Labute approximate surface area is 111 Å². The Morgan fingerprint density at radius 3 is 2.61 bits per heavy atom. The van der Waals surface area contributed by atoms with Crippen molar-refractivity contribution in [3.63, 3.8) is 0 Å². The summed E-state index contributed by atoms with van der Waals surface area (Å²) in [7, 11) is 0. The number of hydrogen-bond acceptors (Lipinski definition) is 4. The molecule has 90 valence electrons. The normalized spacial score (nSPS) is 8.83. The first-order valence-electron chi connectivity index (χ1n) is 4.74. The number of halogens is 1. The summed E-state index contributed by atoms with van der Waals surface area (Å²) in [6.45, 7) is -0.254. The zero-order valence-electron chi connectivity index (χ0n) is 9.03. The number of amides is 2. The lowest BCUT2D eigenvalue weighted by Crippen LogP contribution is -2.35. The van der Waals surface area contributed by atoms with Crippen molar-refractivity contribution < 1.29 is 9.59 Å². The summed E-state index contributed by atoms with van der Waals surface area (Å²) < 4.78 is 0.661. The third-order valence-electron chi connectivity index (χ3n) is 1.88. The second kappa shape index (κ2) is 6.38. The van der Waals surface area contributed by atoms with Gasteiger partial charge in [0.2, 0.25) is 0 Å². The maximum atomic E-state index is 11.4. The monoisotopic (exact) mass is 306 g/mol. The van der Waals surface area contributed by atoms with E-state index in [9.17, 15) is 9.59 Å². The molecule has 0 heterocycles. The van der Waals surface area contributed by atoms with E-state index in [4.69, 9.17) is 10.5 Å². The Bertz CT molecular complexity index is 571. The summed E-state index contributed by atoms with van der Waals surface area (Å²) in [5.74, 6) is -1.86. The number of hydrogen-bond donors (Lipinski definition) is 2. The zero-order chi connectivity index (χ0) is 13.5. The largest absolute Gasteiger partial charge is 0.335 e. The fourth-order valence-electron chi connectivity index (χ4n) is 1.10. The molecule has 0 saturated carbocycles. The molecule has 2 amide bonds. The minimum atomic E-state index is -0.931. The van der Waals surface area contributed by atoms with Gasteiger partial charge >= 0.3 is 11.8 Å². The summed E-state index contributed by atoms with van der Waals surface area (Å²) in [6, 6.07) is 8.23. The van der Waals surface area contributed by atoms with Gasteiger partial charge in [-0.15, -0.1) is 0 Å². The SMILES string of the molecule is N#CCNC(=O)C(=O)Nc1cc(Br)ccc1C#N. The summed E-state index contributed by atoms with van der Waals surface area (Å²) >= 11 is 3.19. The quantitative estimate of drug-likeness (QED) is 0.625. The van der Waals surface area contributed by atoms with Gasteiger partial charge in [-0.25, -0.2) is 0 Å². The molecule has 0 aromatic heterocycles. The third kappa shape index (κ3) is 3.58. The van der Waals surface area contributed by atoms with Crippen LogP contribution < -0.4 is 10.6 Å². The van der Waals surface area contributed by atoms with Gasteiger partial charge in [-0.3, -0.25) is 9.59 Å². The van der Waals surface area contributed by atoms with Crippen LogP contribution in [0.1, 0.15) is 5.56 Å². The Kier molecular flexibility index (Phi) is 4.85. The van der Waals surface area contributed by atoms with Gasteiger partial charge in [0.15, 0.2) is 0 Å². The van der Waals surface area contributed by atoms with Gasteiger partial charge in [0.05, 0.1) is 17.3 Å². The van der Waals surface area contributed by atoms with Gasteiger partial charge in [-0.2, -0.15) is 10.5 Å². The summed E-state index contributed by atoms with van der Waals surface area (Å²) in [5.41, 5.74) is 0.462. The fraction of sp³-hybridized carbons (Fsp3) is 0.0909. The van der Waals surface area contributed by atoms with E-state index in [2.05, 4.69) is 26.6 Å². The molecule has 2 N–H and O–H groups in total. The van der Waals surface area contributed by atoms with Crippen LogP contribution in [0.3, 0.4) is 0 Å². The van der Waals surface area contributed by atoms with Crippen molar-refractivity contribution >= 4 is 33.4 Å². The first-order chi connectivity index (χ1) is 8.58. The molecule has 0 unspecified atom stereocenters. The fourth-order valence-corrected chi connectivity index (χ4v) is 1.46. The zero-order valence-corrected chi connectivity index (χ0v) is 10.6. The highest BCUT2D eigenvalue weighted by Gasteiger charge is 2.14. The second-order valence-corrected chi connectivity index (χ2v) is 4.01. The number of rotatable bonds is 2. The van der Waals surface area contributed by atoms with E-state index in [-0.39, 0.29) is 17.8 Å². The van der Waals surface area contributed by atoms with Gasteiger partial charge < -0.3 is 10.6 Å². The van der Waals surface area contributed by atoms with Gasteiger partial charge in [-0.05, 0) is 18.2 Å². The summed E-state index contributed by atoms with van der Waals surface area (Å²) in [6.07, 6.45) is 0. The number of nitriles is 2. The third-order valence-corrected chi connectivity index (χ3v) is 2.38. The van der Waals surface area contributed by atoms with Crippen LogP contribution in [0.25, 0.3) is 0 Å². The maximum Gasteiger partial charge on any atom is 0.313 e. The van der Waals surface area contributed by atoms with Gasteiger partial charge in [-0.1, -0.05) is 15.9 Å². The first kappa shape index (κ1) is 13.7. The number of benzene rings is 1. The van der Waals surface area contributed by atoms with Crippen LogP contribution in [0.5, 0.6) is 0 Å². The van der Waals surface area contributed by atoms with Crippen LogP contribution in [0.2, 0.25) is 0 Å². The molecule has 0 fully saturated rings. The van der Waals surface area contributed by atoms with Crippen molar-refractivity contribution in [3.8, 4) is 12.1 Å². The average Bonchev–Trinajstić information content (AvgIpc) is 2.36. The van der Waals surface area contributed by atoms with E-state index < -0.39 is 11.8 Å². The molecule has 0 saturated heterocycles. The number of nitrogens with one attached hydrogen (secondary N) is 2. The predicted molar refractivity (Wildman–Crippen MR) is 66.1 cm³/mol. The average molecular weight is 307 g/mol. The number of carbonyl (C=O) groups excluding carboxylic acids is 2. The molecular weight excluding hydrogens is 300 g/mol. The molecule has 0 aliphatic heterocycles. The lowest BCUT2D eigenvalue weighted by molar-refractivity contribution is -0.136. The van der Waals surface area contributed by atoms with Crippen LogP contribution >= 0.6 is 15.9 Å². The summed E-state index contributed by atoms with van der Waals surface area (Å²) in [4.78, 5) is 22.7. The van der Waals surface area contributed by atoms with Crippen molar-refractivity contribution in [2.75, 3.05) is 11.9 Å². The van der Waals surface area contributed by atoms with Crippen LogP contribution in [0.15, 0.2) is 22.7 Å². The molecule has 18 heavy (non-hydrogen) atoms. The first-order valence-corrected chi connectivity index (χ1v) is 5.53. The highest BCUT2D eigenvalue weighted by Crippen LogP contribution is 2.20. The molecule has 6 nitrogen and oxygen atoms in total. The minimum absolute atomic E-state index is 0.226. The molecule has 1 aromatic rings. The van der Waals surface area contributed by atoms with Crippen molar-refractivity contribution in [2.45, 2.75) is 0 Å². The van der Waals surface area contributed by atoms with E-state index in [1.165, 1.54) is 12.1 Å². The maximum absolute atomic E-state index is 11.4. The number of nitrogens with zero attached hydrogens (tertiary/aromatic N) is 2. The predicted octanol–water partition coefficient (Wildman–Crippen LogP) is 0.899. The van der Waals surface area contributed by atoms with Crippen molar-refractivity contribution in [1.82, 2.24) is 5.32 Å². The highest BCUT2D eigenvalue weighted by atomic mass is 79.9. The molecule has 0 bridgehead atoms. The highest BCUT2D eigenvalue weighted by molar-refractivity contribution is 9.10. The molecule has 0 aliphatic carbocycles. The van der Waals surface area contributed by atoms with Crippen LogP contribution in [-0.2, 0) is 9.59 Å². The number of anilines is 1. The minimum Gasteiger partial charge on any atom is -0.335 e. The Morgan fingerprint density at radius 1 is 1.28 bits per heavy atom. The lowest BCUT2D eigenvalue weighted by atomic mass is 10.2. The van der Waals surface area contributed by atoms with Gasteiger partial charge in [0.1, 0.15) is 12.6 Å². The van der Waals surface area contributed by atoms with Crippen LogP contribution in [0, 0.1) is 22.7 Å². The van der Waals surface area contributed by atoms with Gasteiger partial charge in [0, 0.05) is 4.47 Å². The standard InChI is InChI=1S/C11H7BrN4O2/c12-8-2-1-7(6-14)9(5-8)16-11(18)10(17)15-4-3-13/h1-2,5H,4H2,(H,15,17)(H,16,18). The van der Waals surface area contributed by atoms with Crippen molar-refractivity contribution in [2.24, 2.45) is 0 Å². The molecular formula is C11H7BrN4O2. The lowest BCUT2D eigenvalue weighted by Gasteiger charge is -2.06. The van der Waals surface area contributed by atoms with E-state index in [1.54, 1.807) is 12.1 Å².